The van der Waals surface area contributed by atoms with Crippen molar-refractivity contribution in [2.75, 3.05) is 6.61 Å². The molecule has 0 atom stereocenters. The van der Waals surface area contributed by atoms with E-state index in [4.69, 9.17) is 4.74 Å². The van der Waals surface area contributed by atoms with Gasteiger partial charge < -0.3 is 9.72 Å². The Morgan fingerprint density at radius 2 is 1.67 bits per heavy atom. The largest absolute Gasteiger partial charge is 0.454 e. The molecule has 0 aliphatic rings. The molecule has 3 aromatic rings. The predicted molar refractivity (Wildman–Crippen MR) is 85.0 cm³/mol. The van der Waals surface area contributed by atoms with Crippen LogP contribution in [0.25, 0.3) is 11.4 Å². The minimum Gasteiger partial charge on any atom is -0.454 e. The van der Waals surface area contributed by atoms with Crippen LogP contribution < -0.4 is 0 Å². The van der Waals surface area contributed by atoms with Crippen LogP contribution in [0.3, 0.4) is 0 Å². The maximum Gasteiger partial charge on any atom is 0.338 e. The number of aromatic nitrogens is 2. The van der Waals surface area contributed by atoms with Gasteiger partial charge in [-0.25, -0.2) is 14.2 Å². The molecular formula is C18H13FN2O3. The van der Waals surface area contributed by atoms with Gasteiger partial charge in [-0.3, -0.25) is 4.79 Å². The summed E-state index contributed by atoms with van der Waals surface area (Å²) in [6.45, 7) is -0.398. The zero-order valence-corrected chi connectivity index (χ0v) is 12.5. The topological polar surface area (TPSA) is 72.1 Å². The van der Waals surface area contributed by atoms with E-state index in [0.717, 1.165) is 5.56 Å². The fraction of sp³-hybridized carbons (Fsp3) is 0.0556. The molecule has 0 fully saturated rings. The quantitative estimate of drug-likeness (QED) is 0.577. The van der Waals surface area contributed by atoms with Crippen molar-refractivity contribution >= 4 is 11.8 Å². The molecular weight excluding hydrogens is 311 g/mol. The highest BCUT2D eigenvalue weighted by atomic mass is 19.1. The first-order valence-corrected chi connectivity index (χ1v) is 7.19. The number of hydrogen-bond donors (Lipinski definition) is 1. The number of carbonyl (C=O) groups is 2. The van der Waals surface area contributed by atoms with Gasteiger partial charge in [-0.2, -0.15) is 0 Å². The number of ether oxygens (including phenoxy) is 1. The molecule has 0 saturated carbocycles. The van der Waals surface area contributed by atoms with Gasteiger partial charge in [-0.05, 0) is 36.4 Å². The number of hydrogen-bond acceptors (Lipinski definition) is 4. The zero-order valence-electron chi connectivity index (χ0n) is 12.5. The summed E-state index contributed by atoms with van der Waals surface area (Å²) >= 11 is 0. The van der Waals surface area contributed by atoms with Crippen LogP contribution in [0.4, 0.5) is 4.39 Å². The van der Waals surface area contributed by atoms with E-state index < -0.39 is 24.2 Å². The van der Waals surface area contributed by atoms with E-state index in [2.05, 4.69) is 9.97 Å². The molecule has 5 nitrogen and oxygen atoms in total. The lowest BCUT2D eigenvalue weighted by atomic mass is 10.1. The van der Waals surface area contributed by atoms with E-state index >= 15 is 0 Å². The molecule has 1 heterocycles. The first kappa shape index (κ1) is 15.6. The van der Waals surface area contributed by atoms with E-state index in [1.807, 2.05) is 0 Å². The van der Waals surface area contributed by atoms with Gasteiger partial charge in [0.05, 0.1) is 5.56 Å². The van der Waals surface area contributed by atoms with Gasteiger partial charge in [0, 0.05) is 23.5 Å². The number of nitrogens with one attached hydrogen (secondary N) is 1. The summed E-state index contributed by atoms with van der Waals surface area (Å²) in [5.74, 6) is -0.728. The summed E-state index contributed by atoms with van der Waals surface area (Å²) < 4.78 is 17.8. The van der Waals surface area contributed by atoms with Gasteiger partial charge in [0.1, 0.15) is 11.6 Å². The SMILES string of the molecule is O=C(COC(=O)c1ccc(-c2ncc[nH]2)cc1)c1ccc(F)cc1. The maximum atomic E-state index is 12.8. The summed E-state index contributed by atoms with van der Waals surface area (Å²) in [4.78, 5) is 30.9. The molecule has 1 N–H and O–H groups in total. The maximum absolute atomic E-state index is 12.8. The molecule has 0 unspecified atom stereocenters. The zero-order chi connectivity index (χ0) is 16.9. The van der Waals surface area contributed by atoms with Crippen LogP contribution in [0.5, 0.6) is 0 Å². The van der Waals surface area contributed by atoms with Crippen molar-refractivity contribution in [1.82, 2.24) is 9.97 Å². The first-order chi connectivity index (χ1) is 11.6. The second-order valence-electron chi connectivity index (χ2n) is 5.02. The van der Waals surface area contributed by atoms with Crippen LogP contribution in [0.15, 0.2) is 60.9 Å². The molecule has 0 aliphatic carbocycles. The number of esters is 1. The molecule has 6 heteroatoms. The number of aromatic amines is 1. The predicted octanol–water partition coefficient (Wildman–Crippen LogP) is 3.26. The Hall–Kier alpha value is -3.28. The fourth-order valence-electron chi connectivity index (χ4n) is 2.12. The second-order valence-corrected chi connectivity index (χ2v) is 5.02. The fourth-order valence-corrected chi connectivity index (χ4v) is 2.12. The van der Waals surface area contributed by atoms with Gasteiger partial charge in [-0.1, -0.05) is 12.1 Å². The number of benzene rings is 2. The summed E-state index contributed by atoms with van der Waals surface area (Å²) in [6.07, 6.45) is 3.34. The molecule has 0 radical (unpaired) electrons. The van der Waals surface area contributed by atoms with Crippen molar-refractivity contribution in [1.29, 1.82) is 0 Å². The van der Waals surface area contributed by atoms with Crippen molar-refractivity contribution in [3.63, 3.8) is 0 Å². The van der Waals surface area contributed by atoms with E-state index in [0.29, 0.717) is 11.4 Å². The Morgan fingerprint density at radius 3 is 2.29 bits per heavy atom. The smallest absolute Gasteiger partial charge is 0.338 e. The lowest BCUT2D eigenvalue weighted by Crippen LogP contribution is -2.14. The number of imidazole rings is 1. The Balaban J connectivity index is 1.60. The molecule has 0 spiro atoms. The minimum atomic E-state index is -0.601. The highest BCUT2D eigenvalue weighted by molar-refractivity contribution is 5.99. The molecule has 3 rings (SSSR count). The number of carbonyl (C=O) groups excluding carboxylic acids is 2. The van der Waals surface area contributed by atoms with Crippen LogP contribution in [0, 0.1) is 5.82 Å². The van der Waals surface area contributed by atoms with Crippen molar-refractivity contribution in [2.45, 2.75) is 0 Å². The minimum absolute atomic E-state index is 0.289. The van der Waals surface area contributed by atoms with E-state index in [9.17, 15) is 14.0 Å². The molecule has 0 aliphatic heterocycles. The summed E-state index contributed by atoms with van der Waals surface area (Å²) in [7, 11) is 0. The number of ketones is 1. The van der Waals surface area contributed by atoms with Crippen molar-refractivity contribution in [3.8, 4) is 11.4 Å². The standard InChI is InChI=1S/C18H13FN2O3/c19-15-7-5-12(6-8-15)16(22)11-24-18(23)14-3-1-13(2-4-14)17-20-9-10-21-17/h1-10H,11H2,(H,20,21). The van der Waals surface area contributed by atoms with Gasteiger partial charge in [-0.15, -0.1) is 0 Å². The second kappa shape index (κ2) is 6.87. The lowest BCUT2D eigenvalue weighted by molar-refractivity contribution is 0.0474. The molecule has 120 valence electrons. The van der Waals surface area contributed by atoms with Crippen molar-refractivity contribution in [3.05, 3.63) is 77.9 Å². The molecule has 1 aromatic heterocycles. The monoisotopic (exact) mass is 324 g/mol. The first-order valence-electron chi connectivity index (χ1n) is 7.19. The van der Waals surface area contributed by atoms with Gasteiger partial charge in [0.25, 0.3) is 0 Å². The van der Waals surface area contributed by atoms with Gasteiger partial charge >= 0.3 is 5.97 Å². The van der Waals surface area contributed by atoms with Gasteiger partial charge in [0.2, 0.25) is 0 Å². The highest BCUT2D eigenvalue weighted by Gasteiger charge is 2.12. The molecule has 0 saturated heterocycles. The third-order valence-electron chi connectivity index (χ3n) is 3.39. The van der Waals surface area contributed by atoms with Crippen LogP contribution in [-0.4, -0.2) is 28.3 Å². The molecule has 24 heavy (non-hydrogen) atoms. The Kier molecular flexibility index (Phi) is 4.47. The van der Waals surface area contributed by atoms with Crippen LogP contribution in [-0.2, 0) is 4.74 Å². The summed E-state index contributed by atoms with van der Waals surface area (Å²) in [5, 5.41) is 0. The molecule has 2 aromatic carbocycles. The number of Topliss-reactive ketones (excluding diaryl/α,β-unsaturated/α-hetero) is 1. The van der Waals surface area contributed by atoms with Crippen LogP contribution in [0.1, 0.15) is 20.7 Å². The average Bonchev–Trinajstić information content (AvgIpc) is 3.15. The van der Waals surface area contributed by atoms with Crippen molar-refractivity contribution < 1.29 is 18.7 Å². The number of rotatable bonds is 5. The molecule has 0 bridgehead atoms. The van der Waals surface area contributed by atoms with Crippen LogP contribution in [0.2, 0.25) is 0 Å². The third kappa shape index (κ3) is 3.55. The normalized spacial score (nSPS) is 10.4. The van der Waals surface area contributed by atoms with E-state index in [1.54, 1.807) is 36.7 Å². The average molecular weight is 324 g/mol. The number of nitrogens with zero attached hydrogens (tertiary/aromatic N) is 1. The summed E-state index contributed by atoms with van der Waals surface area (Å²) in [5.41, 5.74) is 1.45. The third-order valence-corrected chi connectivity index (χ3v) is 3.39. The molecule has 0 amide bonds. The van der Waals surface area contributed by atoms with E-state index in [-0.39, 0.29) is 5.56 Å². The van der Waals surface area contributed by atoms with E-state index in [1.165, 1.54) is 24.3 Å². The number of H-pyrrole nitrogens is 1. The lowest BCUT2D eigenvalue weighted by Gasteiger charge is -2.05. The van der Waals surface area contributed by atoms with Gasteiger partial charge in [0.15, 0.2) is 12.4 Å². The Labute approximate surface area is 137 Å². The highest BCUT2D eigenvalue weighted by Crippen LogP contribution is 2.15. The Bertz CT molecular complexity index is 841. The summed E-state index contributed by atoms with van der Waals surface area (Å²) in [6, 6.07) is 11.7. The number of halogens is 1. The van der Waals surface area contributed by atoms with Crippen LogP contribution >= 0.6 is 0 Å². The van der Waals surface area contributed by atoms with Crippen molar-refractivity contribution in [2.24, 2.45) is 0 Å². The Morgan fingerprint density at radius 1 is 1.00 bits per heavy atom.